The van der Waals surface area contributed by atoms with E-state index in [1.165, 1.54) is 11.1 Å². The van der Waals surface area contributed by atoms with Crippen molar-refractivity contribution in [3.8, 4) is 0 Å². The third-order valence-corrected chi connectivity index (χ3v) is 2.72. The minimum Gasteiger partial charge on any atom is -0.371 e. The molecular weight excluding hydrogens is 174 g/mol. The van der Waals surface area contributed by atoms with Crippen LogP contribution < -0.4 is 0 Å². The number of aryl methyl sites for hydroxylation is 1. The second-order valence-corrected chi connectivity index (χ2v) is 4.03. The molecule has 1 saturated heterocycles. The fraction of sp³-hybridized carbons (Fsp3) is 0.500. The Balaban J connectivity index is 2.10. The van der Waals surface area contributed by atoms with Gasteiger partial charge < -0.3 is 9.64 Å². The van der Waals surface area contributed by atoms with Crippen molar-refractivity contribution in [3.05, 3.63) is 35.4 Å². The van der Waals surface area contributed by atoms with Gasteiger partial charge in [0.1, 0.15) is 0 Å². The highest BCUT2D eigenvalue weighted by Gasteiger charge is 2.18. The molecule has 0 bridgehead atoms. The number of likely N-dealkylation sites (N-methyl/N-ethyl adjacent to an activating group) is 1. The summed E-state index contributed by atoms with van der Waals surface area (Å²) in [6, 6.07) is 8.62. The van der Waals surface area contributed by atoms with Crippen LogP contribution in [0.5, 0.6) is 0 Å². The molecule has 1 aliphatic rings. The molecule has 2 nitrogen and oxygen atoms in total. The number of rotatable bonds is 1. The van der Waals surface area contributed by atoms with E-state index in [0.717, 1.165) is 19.7 Å². The van der Waals surface area contributed by atoms with Crippen molar-refractivity contribution in [2.45, 2.75) is 13.0 Å². The van der Waals surface area contributed by atoms with Crippen LogP contribution in [0.15, 0.2) is 24.3 Å². The van der Waals surface area contributed by atoms with Gasteiger partial charge in [0.15, 0.2) is 0 Å². The van der Waals surface area contributed by atoms with Crippen molar-refractivity contribution in [2.75, 3.05) is 26.7 Å². The third-order valence-electron chi connectivity index (χ3n) is 2.72. The molecule has 1 aromatic carbocycles. The normalized spacial score (nSPS) is 23.7. The van der Waals surface area contributed by atoms with Crippen molar-refractivity contribution in [2.24, 2.45) is 0 Å². The van der Waals surface area contributed by atoms with Crippen LogP contribution >= 0.6 is 0 Å². The fourth-order valence-electron chi connectivity index (χ4n) is 1.76. The first kappa shape index (κ1) is 9.69. The molecule has 0 aromatic heterocycles. The van der Waals surface area contributed by atoms with E-state index in [-0.39, 0.29) is 6.10 Å². The van der Waals surface area contributed by atoms with Gasteiger partial charge in [-0.25, -0.2) is 0 Å². The zero-order valence-corrected chi connectivity index (χ0v) is 8.86. The van der Waals surface area contributed by atoms with Gasteiger partial charge >= 0.3 is 0 Å². The Morgan fingerprint density at radius 3 is 2.64 bits per heavy atom. The standard InChI is InChI=1S/C12H17NO/c1-10-3-5-11(6-4-10)12-9-13(2)7-8-14-12/h3-6,12H,7-9H2,1-2H3. The molecule has 1 heterocycles. The number of benzene rings is 1. The highest BCUT2D eigenvalue weighted by Crippen LogP contribution is 2.21. The molecule has 0 spiro atoms. The Morgan fingerprint density at radius 1 is 1.29 bits per heavy atom. The number of hydrogen-bond donors (Lipinski definition) is 0. The number of nitrogens with zero attached hydrogens (tertiary/aromatic N) is 1. The zero-order chi connectivity index (χ0) is 9.97. The molecule has 1 atom stereocenters. The maximum Gasteiger partial charge on any atom is 0.0952 e. The molecule has 76 valence electrons. The molecule has 2 rings (SSSR count). The van der Waals surface area contributed by atoms with Gasteiger partial charge in [-0.05, 0) is 19.5 Å². The topological polar surface area (TPSA) is 12.5 Å². The van der Waals surface area contributed by atoms with Gasteiger partial charge in [0, 0.05) is 13.1 Å². The van der Waals surface area contributed by atoms with Gasteiger partial charge in [-0.1, -0.05) is 29.8 Å². The largest absolute Gasteiger partial charge is 0.371 e. The summed E-state index contributed by atoms with van der Waals surface area (Å²) in [7, 11) is 2.14. The highest BCUT2D eigenvalue weighted by atomic mass is 16.5. The van der Waals surface area contributed by atoms with Crippen molar-refractivity contribution >= 4 is 0 Å². The maximum absolute atomic E-state index is 5.73. The minimum absolute atomic E-state index is 0.259. The van der Waals surface area contributed by atoms with Crippen LogP contribution in [0, 0.1) is 6.92 Å². The SMILES string of the molecule is Cc1ccc(C2CN(C)CCO2)cc1. The Morgan fingerprint density at radius 2 is 2.00 bits per heavy atom. The lowest BCUT2D eigenvalue weighted by Crippen LogP contribution is -2.35. The van der Waals surface area contributed by atoms with Crippen LogP contribution in [-0.4, -0.2) is 31.6 Å². The summed E-state index contributed by atoms with van der Waals surface area (Å²) in [5, 5.41) is 0. The lowest BCUT2D eigenvalue weighted by Gasteiger charge is -2.30. The smallest absolute Gasteiger partial charge is 0.0952 e. The zero-order valence-electron chi connectivity index (χ0n) is 8.86. The fourth-order valence-corrected chi connectivity index (χ4v) is 1.76. The van der Waals surface area contributed by atoms with Crippen molar-refractivity contribution < 1.29 is 4.74 Å². The van der Waals surface area contributed by atoms with E-state index < -0.39 is 0 Å². The first-order valence-corrected chi connectivity index (χ1v) is 5.12. The van der Waals surface area contributed by atoms with Gasteiger partial charge in [0.25, 0.3) is 0 Å². The Bertz CT molecular complexity index is 294. The third kappa shape index (κ3) is 2.14. The van der Waals surface area contributed by atoms with Crippen molar-refractivity contribution in [1.29, 1.82) is 0 Å². The van der Waals surface area contributed by atoms with E-state index in [1.807, 2.05) is 0 Å². The number of hydrogen-bond acceptors (Lipinski definition) is 2. The molecule has 0 aliphatic carbocycles. The Kier molecular flexibility index (Phi) is 2.85. The van der Waals surface area contributed by atoms with Gasteiger partial charge in [-0.15, -0.1) is 0 Å². The van der Waals surface area contributed by atoms with Crippen LogP contribution in [0.3, 0.4) is 0 Å². The molecule has 1 unspecified atom stereocenters. The summed E-state index contributed by atoms with van der Waals surface area (Å²) in [6.45, 7) is 5.00. The lowest BCUT2D eigenvalue weighted by molar-refractivity contribution is -0.0208. The predicted molar refractivity (Wildman–Crippen MR) is 57.4 cm³/mol. The summed E-state index contributed by atoms with van der Waals surface area (Å²) >= 11 is 0. The molecule has 0 amide bonds. The van der Waals surface area contributed by atoms with Crippen molar-refractivity contribution in [3.63, 3.8) is 0 Å². The molecule has 0 radical (unpaired) electrons. The summed E-state index contributed by atoms with van der Waals surface area (Å²) in [5.41, 5.74) is 2.60. The minimum atomic E-state index is 0.259. The van der Waals surface area contributed by atoms with Gasteiger partial charge in [-0.2, -0.15) is 0 Å². The quantitative estimate of drug-likeness (QED) is 0.673. The monoisotopic (exact) mass is 191 g/mol. The van der Waals surface area contributed by atoms with E-state index in [9.17, 15) is 0 Å². The molecule has 1 aromatic rings. The molecule has 0 N–H and O–H groups in total. The first-order valence-electron chi connectivity index (χ1n) is 5.12. The molecular formula is C12H17NO. The van der Waals surface area contributed by atoms with Crippen LogP contribution in [0.4, 0.5) is 0 Å². The molecule has 14 heavy (non-hydrogen) atoms. The molecule has 1 aliphatic heterocycles. The van der Waals surface area contributed by atoms with E-state index in [4.69, 9.17) is 4.74 Å². The lowest BCUT2D eigenvalue weighted by atomic mass is 10.1. The summed E-state index contributed by atoms with van der Waals surface area (Å²) in [4.78, 5) is 2.31. The summed E-state index contributed by atoms with van der Waals surface area (Å²) in [6.07, 6.45) is 0.259. The predicted octanol–water partition coefficient (Wildman–Crippen LogP) is 2.00. The summed E-state index contributed by atoms with van der Waals surface area (Å²) < 4.78 is 5.73. The first-order chi connectivity index (χ1) is 6.75. The maximum atomic E-state index is 5.73. The average Bonchev–Trinajstić information content (AvgIpc) is 2.19. The Labute approximate surface area is 85.5 Å². The number of ether oxygens (including phenoxy) is 1. The van der Waals surface area contributed by atoms with Gasteiger partial charge in [-0.3, -0.25) is 0 Å². The molecule has 2 heteroatoms. The van der Waals surface area contributed by atoms with Crippen LogP contribution in [-0.2, 0) is 4.74 Å². The van der Waals surface area contributed by atoms with Crippen LogP contribution in [0.1, 0.15) is 17.2 Å². The number of morpholine rings is 1. The van der Waals surface area contributed by atoms with E-state index >= 15 is 0 Å². The average molecular weight is 191 g/mol. The molecule has 0 saturated carbocycles. The van der Waals surface area contributed by atoms with E-state index in [0.29, 0.717) is 0 Å². The van der Waals surface area contributed by atoms with E-state index in [1.54, 1.807) is 0 Å². The Hall–Kier alpha value is -0.860. The van der Waals surface area contributed by atoms with Gasteiger partial charge in [0.05, 0.1) is 12.7 Å². The van der Waals surface area contributed by atoms with Gasteiger partial charge in [0.2, 0.25) is 0 Å². The van der Waals surface area contributed by atoms with Crippen LogP contribution in [0.25, 0.3) is 0 Å². The second kappa shape index (κ2) is 4.11. The van der Waals surface area contributed by atoms with Crippen LogP contribution in [0.2, 0.25) is 0 Å². The van der Waals surface area contributed by atoms with E-state index in [2.05, 4.69) is 43.1 Å². The molecule has 1 fully saturated rings. The highest BCUT2D eigenvalue weighted by molar-refractivity contribution is 5.23. The second-order valence-electron chi connectivity index (χ2n) is 4.03. The summed E-state index contributed by atoms with van der Waals surface area (Å²) in [5.74, 6) is 0. The van der Waals surface area contributed by atoms with Crippen molar-refractivity contribution in [1.82, 2.24) is 4.90 Å².